The topological polar surface area (TPSA) is 40.8 Å². The third-order valence-corrected chi connectivity index (χ3v) is 6.25. The van der Waals surface area contributed by atoms with Gasteiger partial charge in [-0.25, -0.2) is 4.57 Å². The molecule has 0 atom stereocenters. The molecule has 156 valence electrons. The molecule has 0 aliphatic carbocycles. The van der Waals surface area contributed by atoms with Crippen LogP contribution >= 0.6 is 0 Å². The summed E-state index contributed by atoms with van der Waals surface area (Å²) in [4.78, 5) is 0. The number of hydrogen-bond donors (Lipinski definition) is 0. The molecule has 0 N–H and O–H groups in total. The molecule has 2 aromatic heterocycles. The Hall–Kier alpha value is -3.90. The zero-order valence-corrected chi connectivity index (χ0v) is 18.8. The first-order valence-corrected chi connectivity index (χ1v) is 10.9. The van der Waals surface area contributed by atoms with Crippen molar-refractivity contribution in [2.45, 2.75) is 26.7 Å². The number of aryl methyl sites for hydroxylation is 2. The molecule has 0 unspecified atom stereocenters. The summed E-state index contributed by atoms with van der Waals surface area (Å²) < 4.78 is 8.83. The van der Waals surface area contributed by atoms with E-state index >= 15 is 0 Å². The minimum Gasteiger partial charge on any atom is -0.455 e. The highest BCUT2D eigenvalue weighted by Gasteiger charge is 2.25. The summed E-state index contributed by atoms with van der Waals surface area (Å²) in [5, 5.41) is 12.1. The molecular formula is C29H25N2O+. The van der Waals surface area contributed by atoms with Gasteiger partial charge in [0.15, 0.2) is 6.20 Å². The minimum atomic E-state index is 0.162. The van der Waals surface area contributed by atoms with Crippen LogP contribution in [0.25, 0.3) is 44.3 Å². The van der Waals surface area contributed by atoms with Gasteiger partial charge in [-0.2, -0.15) is 5.26 Å². The minimum absolute atomic E-state index is 0.162. The van der Waals surface area contributed by atoms with Gasteiger partial charge in [-0.15, -0.1) is 0 Å². The van der Waals surface area contributed by atoms with Crippen LogP contribution in [0.1, 0.15) is 36.5 Å². The van der Waals surface area contributed by atoms with Crippen LogP contribution in [0.15, 0.2) is 77.3 Å². The van der Waals surface area contributed by atoms with Crippen LogP contribution in [0.5, 0.6) is 0 Å². The van der Waals surface area contributed by atoms with Gasteiger partial charge in [0, 0.05) is 28.5 Å². The van der Waals surface area contributed by atoms with Gasteiger partial charge in [-0.3, -0.25) is 0 Å². The Kier molecular flexibility index (Phi) is 4.79. The molecule has 0 aliphatic heterocycles. The molecule has 0 aliphatic rings. The third-order valence-electron chi connectivity index (χ3n) is 6.25. The fraction of sp³-hybridized carbons (Fsp3) is 0.172. The maximum atomic E-state index is 9.99. The summed E-state index contributed by atoms with van der Waals surface area (Å²) in [7, 11) is 2.05. The van der Waals surface area contributed by atoms with Crippen LogP contribution in [0, 0.1) is 18.3 Å². The quantitative estimate of drug-likeness (QED) is 0.295. The average Bonchev–Trinajstić information content (AvgIpc) is 3.18. The van der Waals surface area contributed by atoms with E-state index in [1.165, 1.54) is 0 Å². The van der Waals surface area contributed by atoms with E-state index in [1.807, 2.05) is 30.3 Å². The standard InChI is InChI=1S/C29H25N2O/c1-18(2)25-21(17-30)16-23(20-10-6-5-7-11-20)27-22-14-13-19(3)26(28(22)32-29(25)27)24-12-8-9-15-31(24)4/h5-16,18H,1-4H3/q+1. The maximum Gasteiger partial charge on any atom is 0.216 e. The zero-order valence-electron chi connectivity index (χ0n) is 18.8. The number of furan rings is 1. The smallest absolute Gasteiger partial charge is 0.216 e. The van der Waals surface area contributed by atoms with Crippen molar-refractivity contribution >= 4 is 21.9 Å². The predicted octanol–water partition coefficient (Wildman–Crippen LogP) is 7.05. The van der Waals surface area contributed by atoms with Crippen LogP contribution in [0.4, 0.5) is 0 Å². The largest absolute Gasteiger partial charge is 0.455 e. The van der Waals surface area contributed by atoms with Gasteiger partial charge >= 0.3 is 0 Å². The Bertz CT molecular complexity index is 1520. The Balaban J connectivity index is 2.01. The monoisotopic (exact) mass is 417 g/mol. The molecule has 0 amide bonds. The summed E-state index contributed by atoms with van der Waals surface area (Å²) in [6.07, 6.45) is 2.05. The Morgan fingerprint density at radius 1 is 0.938 bits per heavy atom. The predicted molar refractivity (Wildman–Crippen MR) is 129 cm³/mol. The molecule has 0 spiro atoms. The molecule has 2 heterocycles. The first-order chi connectivity index (χ1) is 15.5. The number of fused-ring (bicyclic) bond motifs is 3. The fourth-order valence-electron chi connectivity index (χ4n) is 4.75. The lowest BCUT2D eigenvalue weighted by molar-refractivity contribution is -0.660. The van der Waals surface area contributed by atoms with Gasteiger partial charge in [0.05, 0.1) is 17.2 Å². The van der Waals surface area contributed by atoms with Crippen LogP contribution in [-0.4, -0.2) is 0 Å². The number of pyridine rings is 1. The number of nitriles is 1. The molecule has 0 radical (unpaired) electrons. The van der Waals surface area contributed by atoms with Gasteiger partial charge in [0.25, 0.3) is 0 Å². The van der Waals surface area contributed by atoms with Crippen molar-refractivity contribution in [2.24, 2.45) is 7.05 Å². The molecule has 0 bridgehead atoms. The van der Waals surface area contributed by atoms with Gasteiger partial charge in [0.1, 0.15) is 18.2 Å². The van der Waals surface area contributed by atoms with E-state index in [2.05, 4.69) is 81.1 Å². The highest BCUT2D eigenvalue weighted by molar-refractivity contribution is 6.16. The van der Waals surface area contributed by atoms with Crippen LogP contribution in [-0.2, 0) is 7.05 Å². The van der Waals surface area contributed by atoms with E-state index in [-0.39, 0.29) is 5.92 Å². The second-order valence-corrected chi connectivity index (χ2v) is 8.66. The maximum absolute atomic E-state index is 9.99. The molecule has 5 rings (SSSR count). The lowest BCUT2D eigenvalue weighted by Crippen LogP contribution is -2.30. The Labute approximate surface area is 188 Å². The summed E-state index contributed by atoms with van der Waals surface area (Å²) >= 11 is 0. The van der Waals surface area contributed by atoms with Crippen LogP contribution < -0.4 is 4.57 Å². The SMILES string of the molecule is Cc1ccc2c(oc3c(C(C)C)c(C#N)cc(-c4ccccc4)c32)c1-c1cccc[n+]1C. The Morgan fingerprint density at radius 2 is 1.69 bits per heavy atom. The third kappa shape index (κ3) is 2.99. The highest BCUT2D eigenvalue weighted by atomic mass is 16.3. The van der Waals surface area contributed by atoms with E-state index in [4.69, 9.17) is 4.42 Å². The van der Waals surface area contributed by atoms with Crippen molar-refractivity contribution in [1.29, 1.82) is 5.26 Å². The zero-order chi connectivity index (χ0) is 22.4. The second kappa shape index (κ2) is 7.66. The van der Waals surface area contributed by atoms with Gasteiger partial charge in [0.2, 0.25) is 5.69 Å². The molecule has 0 fully saturated rings. The first-order valence-electron chi connectivity index (χ1n) is 10.9. The molecule has 0 saturated carbocycles. The first kappa shape index (κ1) is 20.0. The van der Waals surface area contributed by atoms with E-state index in [9.17, 15) is 5.26 Å². The summed E-state index contributed by atoms with van der Waals surface area (Å²) in [5.41, 5.74) is 8.80. The van der Waals surface area contributed by atoms with Crippen molar-refractivity contribution in [3.05, 3.63) is 89.6 Å². The number of rotatable bonds is 3. The van der Waals surface area contributed by atoms with Crippen LogP contribution in [0.3, 0.4) is 0 Å². The lowest BCUT2D eigenvalue weighted by Gasteiger charge is -2.12. The second-order valence-electron chi connectivity index (χ2n) is 8.66. The van der Waals surface area contributed by atoms with E-state index in [0.717, 1.165) is 55.4 Å². The molecular weight excluding hydrogens is 392 g/mol. The summed E-state index contributed by atoms with van der Waals surface area (Å²) in [5.74, 6) is 0.162. The van der Waals surface area contributed by atoms with E-state index in [1.54, 1.807) is 0 Å². The normalized spacial score (nSPS) is 11.4. The molecule has 3 nitrogen and oxygen atoms in total. The molecule has 32 heavy (non-hydrogen) atoms. The van der Waals surface area contributed by atoms with Crippen molar-refractivity contribution in [3.8, 4) is 28.5 Å². The van der Waals surface area contributed by atoms with Crippen molar-refractivity contribution < 1.29 is 8.98 Å². The fourth-order valence-corrected chi connectivity index (χ4v) is 4.75. The summed E-state index contributed by atoms with van der Waals surface area (Å²) in [6.45, 7) is 6.36. The summed E-state index contributed by atoms with van der Waals surface area (Å²) in [6, 6.07) is 25.3. The number of benzene rings is 3. The van der Waals surface area contributed by atoms with Crippen molar-refractivity contribution in [2.75, 3.05) is 0 Å². The van der Waals surface area contributed by atoms with E-state index < -0.39 is 0 Å². The molecule has 3 heteroatoms. The Morgan fingerprint density at radius 3 is 2.38 bits per heavy atom. The van der Waals surface area contributed by atoms with Crippen molar-refractivity contribution in [1.82, 2.24) is 0 Å². The van der Waals surface area contributed by atoms with Crippen molar-refractivity contribution in [3.63, 3.8) is 0 Å². The molecule has 0 saturated heterocycles. The van der Waals surface area contributed by atoms with Gasteiger partial charge < -0.3 is 4.42 Å². The highest BCUT2D eigenvalue weighted by Crippen LogP contribution is 2.44. The number of nitrogens with zero attached hydrogens (tertiary/aromatic N) is 2. The molecule has 3 aromatic carbocycles. The number of hydrogen-bond acceptors (Lipinski definition) is 2. The molecule has 5 aromatic rings. The van der Waals surface area contributed by atoms with Gasteiger partial charge in [-0.05, 0) is 41.7 Å². The average molecular weight is 418 g/mol. The number of aromatic nitrogens is 1. The lowest BCUT2D eigenvalue weighted by atomic mass is 9.89. The van der Waals surface area contributed by atoms with Gasteiger partial charge in [-0.1, -0.05) is 56.3 Å². The van der Waals surface area contributed by atoms with Crippen LogP contribution in [0.2, 0.25) is 0 Å². The van der Waals surface area contributed by atoms with E-state index in [0.29, 0.717) is 5.56 Å².